The van der Waals surface area contributed by atoms with Crippen LogP contribution >= 0.6 is 11.6 Å². The van der Waals surface area contributed by atoms with E-state index in [1.165, 1.54) is 18.2 Å². The van der Waals surface area contributed by atoms with E-state index in [2.05, 4.69) is 0 Å². The Kier molecular flexibility index (Phi) is 4.38. The van der Waals surface area contributed by atoms with Gasteiger partial charge < -0.3 is 9.15 Å². The number of fused-ring (bicyclic) bond motifs is 1. The second-order valence-corrected chi connectivity index (χ2v) is 5.32. The summed E-state index contributed by atoms with van der Waals surface area (Å²) >= 11 is 5.62. The molecule has 0 amide bonds. The fraction of sp³-hybridized carbons (Fsp3) is 0.0625. The molecule has 0 aliphatic carbocycles. The van der Waals surface area contributed by atoms with Crippen molar-refractivity contribution in [2.45, 2.75) is 6.61 Å². The first kappa shape index (κ1) is 17.2. The van der Waals surface area contributed by atoms with Crippen LogP contribution in [0.5, 0.6) is 5.75 Å². The molecule has 0 saturated carbocycles. The van der Waals surface area contributed by atoms with Crippen molar-refractivity contribution in [3.63, 3.8) is 0 Å². The van der Waals surface area contributed by atoms with Crippen LogP contribution in [0.1, 0.15) is 5.56 Å². The number of hydrogen-bond acceptors (Lipinski definition) is 3. The summed E-state index contributed by atoms with van der Waals surface area (Å²) in [7, 11) is 0. The summed E-state index contributed by atoms with van der Waals surface area (Å²) in [6, 6.07) is 3.78. The van der Waals surface area contributed by atoms with Crippen molar-refractivity contribution in [2.75, 3.05) is 0 Å². The molecule has 3 aromatic rings. The van der Waals surface area contributed by atoms with Gasteiger partial charge in [-0.15, -0.1) is 0 Å². The molecule has 0 N–H and O–H groups in total. The molecule has 25 heavy (non-hydrogen) atoms. The normalized spacial score (nSPS) is 11.1. The lowest BCUT2D eigenvalue weighted by atomic mass is 10.2. The Hall–Kier alpha value is -2.61. The first-order chi connectivity index (χ1) is 11.8. The molecule has 0 saturated heterocycles. The van der Waals surface area contributed by atoms with Crippen molar-refractivity contribution >= 4 is 22.6 Å². The predicted octanol–water partition coefficient (Wildman–Crippen LogP) is 4.72. The van der Waals surface area contributed by atoms with E-state index in [0.29, 0.717) is 0 Å². The van der Waals surface area contributed by atoms with Crippen LogP contribution in [0.25, 0.3) is 11.0 Å². The van der Waals surface area contributed by atoms with Crippen LogP contribution in [-0.2, 0) is 6.61 Å². The third-order valence-corrected chi connectivity index (χ3v) is 3.65. The summed E-state index contributed by atoms with van der Waals surface area (Å²) in [4.78, 5) is 11.8. The SMILES string of the molecule is O=c1c(Cl)coc2cc(OCc3c(F)c(F)c(F)c(F)c3F)ccc12. The molecule has 0 bridgehead atoms. The van der Waals surface area contributed by atoms with Crippen molar-refractivity contribution in [3.8, 4) is 5.75 Å². The van der Waals surface area contributed by atoms with Gasteiger partial charge in [0.2, 0.25) is 11.2 Å². The molecule has 1 heterocycles. The van der Waals surface area contributed by atoms with E-state index >= 15 is 0 Å². The van der Waals surface area contributed by atoms with E-state index in [9.17, 15) is 26.7 Å². The Balaban J connectivity index is 1.94. The van der Waals surface area contributed by atoms with Crippen molar-refractivity contribution in [3.05, 3.63) is 74.4 Å². The van der Waals surface area contributed by atoms with Crippen LogP contribution in [0, 0.1) is 29.1 Å². The molecule has 0 aliphatic heterocycles. The molecule has 1 aromatic heterocycles. The second kappa shape index (κ2) is 6.36. The zero-order chi connectivity index (χ0) is 18.3. The van der Waals surface area contributed by atoms with Crippen molar-refractivity contribution < 1.29 is 31.1 Å². The van der Waals surface area contributed by atoms with Gasteiger partial charge in [0.1, 0.15) is 29.2 Å². The maximum Gasteiger partial charge on any atom is 0.211 e. The van der Waals surface area contributed by atoms with Gasteiger partial charge in [-0.25, -0.2) is 22.0 Å². The minimum Gasteiger partial charge on any atom is -0.489 e. The minimum absolute atomic E-state index is 0.0121. The van der Waals surface area contributed by atoms with Gasteiger partial charge in [0, 0.05) is 6.07 Å². The molecule has 130 valence electrons. The maximum atomic E-state index is 13.6. The second-order valence-electron chi connectivity index (χ2n) is 4.91. The molecule has 0 atom stereocenters. The highest BCUT2D eigenvalue weighted by Gasteiger charge is 2.25. The zero-order valence-corrected chi connectivity index (χ0v) is 12.8. The first-order valence-electron chi connectivity index (χ1n) is 6.65. The van der Waals surface area contributed by atoms with E-state index in [4.69, 9.17) is 20.8 Å². The standard InChI is InChI=1S/C16H6ClF5O3/c17-9-5-25-10-3-6(1-2-7(10)16(9)23)24-4-8-11(18)13(20)15(22)14(21)12(8)19/h1-3,5H,4H2. The van der Waals surface area contributed by atoms with Crippen LogP contribution in [0.2, 0.25) is 5.02 Å². The summed E-state index contributed by atoms with van der Waals surface area (Å²) in [5.74, 6) is -10.3. The first-order valence-corrected chi connectivity index (χ1v) is 7.03. The zero-order valence-electron chi connectivity index (χ0n) is 12.0. The lowest BCUT2D eigenvalue weighted by Crippen LogP contribution is -2.10. The topological polar surface area (TPSA) is 39.4 Å². The molecule has 3 rings (SSSR count). The molecule has 0 unspecified atom stereocenters. The fourth-order valence-corrected chi connectivity index (χ4v) is 2.25. The maximum absolute atomic E-state index is 13.6. The molecule has 9 heteroatoms. The van der Waals surface area contributed by atoms with Gasteiger partial charge in [-0.05, 0) is 12.1 Å². The van der Waals surface area contributed by atoms with Crippen LogP contribution in [-0.4, -0.2) is 0 Å². The van der Waals surface area contributed by atoms with Crippen LogP contribution < -0.4 is 10.2 Å². The van der Waals surface area contributed by atoms with Crippen LogP contribution in [0.3, 0.4) is 0 Å². The quantitative estimate of drug-likeness (QED) is 0.377. The van der Waals surface area contributed by atoms with Crippen molar-refractivity contribution in [1.29, 1.82) is 0 Å². The average Bonchev–Trinajstić information content (AvgIpc) is 2.61. The van der Waals surface area contributed by atoms with E-state index in [1.807, 2.05) is 0 Å². The average molecular weight is 377 g/mol. The molecular formula is C16H6ClF5O3. The predicted molar refractivity (Wildman–Crippen MR) is 78.1 cm³/mol. The Bertz CT molecular complexity index is 1020. The smallest absolute Gasteiger partial charge is 0.211 e. The fourth-order valence-electron chi connectivity index (χ4n) is 2.11. The van der Waals surface area contributed by atoms with E-state index < -0.39 is 46.7 Å². The third-order valence-electron chi connectivity index (χ3n) is 3.39. The van der Waals surface area contributed by atoms with Crippen LogP contribution in [0.4, 0.5) is 22.0 Å². The Morgan fingerprint density at radius 2 is 1.56 bits per heavy atom. The van der Waals surface area contributed by atoms with Gasteiger partial charge in [0.05, 0.1) is 10.9 Å². The Morgan fingerprint density at radius 3 is 2.20 bits per heavy atom. The number of benzene rings is 2. The molecule has 0 fully saturated rings. The summed E-state index contributed by atoms with van der Waals surface area (Å²) < 4.78 is 76.6. The van der Waals surface area contributed by atoms with Crippen molar-refractivity contribution in [1.82, 2.24) is 0 Å². The van der Waals surface area contributed by atoms with Gasteiger partial charge in [-0.1, -0.05) is 11.6 Å². The van der Waals surface area contributed by atoms with E-state index in [1.54, 1.807) is 0 Å². The number of rotatable bonds is 3. The molecule has 2 aromatic carbocycles. The van der Waals surface area contributed by atoms with E-state index in [0.717, 1.165) is 6.26 Å². The summed E-state index contributed by atoms with van der Waals surface area (Å²) in [5, 5.41) is -0.00125. The summed E-state index contributed by atoms with van der Waals surface area (Å²) in [5.41, 5.74) is -1.53. The lowest BCUT2D eigenvalue weighted by Gasteiger charge is -2.10. The summed E-state index contributed by atoms with van der Waals surface area (Å²) in [6.07, 6.45) is 1.00. The highest BCUT2D eigenvalue weighted by molar-refractivity contribution is 6.30. The highest BCUT2D eigenvalue weighted by Crippen LogP contribution is 2.26. The molecule has 0 spiro atoms. The van der Waals surface area contributed by atoms with Gasteiger partial charge >= 0.3 is 0 Å². The van der Waals surface area contributed by atoms with Gasteiger partial charge in [-0.3, -0.25) is 4.79 Å². The Morgan fingerprint density at radius 1 is 0.960 bits per heavy atom. The highest BCUT2D eigenvalue weighted by atomic mass is 35.5. The van der Waals surface area contributed by atoms with Gasteiger partial charge in [0.15, 0.2) is 23.3 Å². The van der Waals surface area contributed by atoms with Crippen molar-refractivity contribution in [2.24, 2.45) is 0 Å². The van der Waals surface area contributed by atoms with Crippen LogP contribution in [0.15, 0.2) is 33.7 Å². The Labute approximate surface area is 141 Å². The molecular weight excluding hydrogens is 371 g/mol. The largest absolute Gasteiger partial charge is 0.489 e. The van der Waals surface area contributed by atoms with Gasteiger partial charge in [0.25, 0.3) is 0 Å². The molecule has 0 radical (unpaired) electrons. The third kappa shape index (κ3) is 2.93. The van der Waals surface area contributed by atoms with E-state index in [-0.39, 0.29) is 21.7 Å². The minimum atomic E-state index is -2.25. The number of hydrogen-bond donors (Lipinski definition) is 0. The number of halogens is 6. The summed E-state index contributed by atoms with van der Waals surface area (Å²) in [6.45, 7) is -0.922. The monoisotopic (exact) mass is 376 g/mol. The molecule has 0 aliphatic rings. The van der Waals surface area contributed by atoms with Gasteiger partial charge in [-0.2, -0.15) is 0 Å². The molecule has 3 nitrogen and oxygen atoms in total. The number of ether oxygens (including phenoxy) is 1. The lowest BCUT2D eigenvalue weighted by molar-refractivity contribution is 0.279.